The van der Waals surface area contributed by atoms with E-state index in [-0.39, 0.29) is 30.7 Å². The minimum absolute atomic E-state index is 0.0166. The zero-order valence-electron chi connectivity index (χ0n) is 11.3. The van der Waals surface area contributed by atoms with Crippen LogP contribution in [0.25, 0.3) is 0 Å². The Morgan fingerprint density at radius 3 is 2.25 bits per heavy atom. The summed E-state index contributed by atoms with van der Waals surface area (Å²) in [5.74, 6) is 0.0552. The number of nitrogens with two attached hydrogens (primary N) is 1. The van der Waals surface area contributed by atoms with Crippen molar-refractivity contribution < 1.29 is 13.2 Å². The van der Waals surface area contributed by atoms with Gasteiger partial charge in [0.15, 0.2) is 0 Å². The van der Waals surface area contributed by atoms with Crippen molar-refractivity contribution in [2.75, 3.05) is 29.0 Å². The SMILES string of the molecule is CCN(CC)c1nc(N)nc(NC2(C(F)(F)F)CC2)n1. The second-order valence-corrected chi connectivity index (χ2v) is 4.69. The predicted octanol–water partition coefficient (Wildman–Crippen LogP) is 1.81. The van der Waals surface area contributed by atoms with Crippen LogP contribution < -0.4 is 16.0 Å². The Morgan fingerprint density at radius 2 is 1.80 bits per heavy atom. The van der Waals surface area contributed by atoms with E-state index in [0.29, 0.717) is 13.1 Å². The van der Waals surface area contributed by atoms with Crippen molar-refractivity contribution in [2.45, 2.75) is 38.4 Å². The van der Waals surface area contributed by atoms with Crippen LogP contribution in [0.4, 0.5) is 31.0 Å². The Labute approximate surface area is 114 Å². The first-order valence-electron chi connectivity index (χ1n) is 6.42. The number of nitrogens with one attached hydrogen (secondary N) is 1. The summed E-state index contributed by atoms with van der Waals surface area (Å²) in [4.78, 5) is 13.5. The van der Waals surface area contributed by atoms with Crippen LogP contribution in [0.5, 0.6) is 0 Å². The number of rotatable bonds is 5. The molecule has 1 heterocycles. The molecule has 0 amide bonds. The number of aromatic nitrogens is 3. The molecule has 0 radical (unpaired) electrons. The minimum atomic E-state index is -4.33. The summed E-state index contributed by atoms with van der Waals surface area (Å²) in [5, 5.41) is 2.36. The van der Waals surface area contributed by atoms with E-state index in [0.717, 1.165) is 0 Å². The largest absolute Gasteiger partial charge is 0.411 e. The van der Waals surface area contributed by atoms with E-state index in [2.05, 4.69) is 20.3 Å². The van der Waals surface area contributed by atoms with Crippen LogP contribution in [0, 0.1) is 0 Å². The third kappa shape index (κ3) is 2.70. The molecule has 0 unspecified atom stereocenters. The van der Waals surface area contributed by atoms with Gasteiger partial charge in [-0.15, -0.1) is 0 Å². The van der Waals surface area contributed by atoms with Crippen molar-refractivity contribution in [1.82, 2.24) is 15.0 Å². The Bertz CT molecular complexity index is 482. The molecule has 1 fully saturated rings. The third-order valence-corrected chi connectivity index (χ3v) is 3.33. The molecule has 20 heavy (non-hydrogen) atoms. The lowest BCUT2D eigenvalue weighted by molar-refractivity contribution is -0.151. The van der Waals surface area contributed by atoms with Crippen LogP contribution in [0.2, 0.25) is 0 Å². The standard InChI is InChI=1S/C11H17F3N6/c1-3-20(4-2)9-17-7(15)16-8(18-9)19-10(5-6-10)11(12,13)14/h3-6H2,1-2H3,(H3,15,16,17,18,19). The molecule has 1 aromatic rings. The molecular weight excluding hydrogens is 273 g/mol. The first-order chi connectivity index (χ1) is 9.31. The Balaban J connectivity index is 2.25. The second-order valence-electron chi connectivity index (χ2n) is 4.69. The summed E-state index contributed by atoms with van der Waals surface area (Å²) >= 11 is 0. The zero-order chi connectivity index (χ0) is 15.0. The lowest BCUT2D eigenvalue weighted by Gasteiger charge is -2.22. The molecule has 0 atom stereocenters. The van der Waals surface area contributed by atoms with Crippen molar-refractivity contribution in [1.29, 1.82) is 0 Å². The molecule has 112 valence electrons. The first kappa shape index (κ1) is 14.6. The van der Waals surface area contributed by atoms with Crippen molar-refractivity contribution in [3.63, 3.8) is 0 Å². The van der Waals surface area contributed by atoms with Gasteiger partial charge in [0.05, 0.1) is 0 Å². The number of halogens is 3. The van der Waals surface area contributed by atoms with Crippen molar-refractivity contribution in [2.24, 2.45) is 0 Å². The van der Waals surface area contributed by atoms with Gasteiger partial charge in [0.25, 0.3) is 0 Å². The molecule has 0 spiro atoms. The van der Waals surface area contributed by atoms with E-state index in [1.165, 1.54) is 0 Å². The number of nitrogens with zero attached hydrogens (tertiary/aromatic N) is 4. The van der Waals surface area contributed by atoms with Gasteiger partial charge >= 0.3 is 6.18 Å². The molecule has 0 saturated heterocycles. The highest BCUT2D eigenvalue weighted by atomic mass is 19.4. The molecule has 0 aliphatic heterocycles. The molecule has 6 nitrogen and oxygen atoms in total. The van der Waals surface area contributed by atoms with E-state index in [1.54, 1.807) is 4.90 Å². The third-order valence-electron chi connectivity index (χ3n) is 3.33. The number of anilines is 3. The first-order valence-corrected chi connectivity index (χ1v) is 6.42. The smallest absolute Gasteiger partial charge is 0.368 e. The molecule has 2 rings (SSSR count). The van der Waals surface area contributed by atoms with Gasteiger partial charge in [0.2, 0.25) is 17.8 Å². The molecule has 9 heteroatoms. The maximum absolute atomic E-state index is 12.9. The van der Waals surface area contributed by atoms with Gasteiger partial charge < -0.3 is 16.0 Å². The maximum atomic E-state index is 12.9. The Hall–Kier alpha value is -1.80. The fraction of sp³-hybridized carbons (Fsp3) is 0.727. The molecule has 0 bridgehead atoms. The van der Waals surface area contributed by atoms with Crippen molar-refractivity contribution in [3.05, 3.63) is 0 Å². The molecule has 0 aromatic carbocycles. The highest BCUT2D eigenvalue weighted by molar-refractivity contribution is 5.45. The fourth-order valence-corrected chi connectivity index (χ4v) is 1.90. The predicted molar refractivity (Wildman–Crippen MR) is 69.4 cm³/mol. The van der Waals surface area contributed by atoms with Crippen molar-refractivity contribution >= 4 is 17.8 Å². The number of hydrogen-bond donors (Lipinski definition) is 2. The van der Waals surface area contributed by atoms with Crippen molar-refractivity contribution in [3.8, 4) is 0 Å². The Kier molecular flexibility index (Phi) is 3.61. The van der Waals surface area contributed by atoms with Crippen LogP contribution in [-0.2, 0) is 0 Å². The molecular formula is C11H17F3N6. The highest BCUT2D eigenvalue weighted by Crippen LogP contribution is 2.50. The number of hydrogen-bond acceptors (Lipinski definition) is 6. The van der Waals surface area contributed by atoms with Crippen LogP contribution in [-0.4, -0.2) is 39.8 Å². The van der Waals surface area contributed by atoms with E-state index < -0.39 is 11.7 Å². The van der Waals surface area contributed by atoms with E-state index in [9.17, 15) is 13.2 Å². The topological polar surface area (TPSA) is 80.0 Å². The molecule has 3 N–H and O–H groups in total. The van der Waals surface area contributed by atoms with Gasteiger partial charge in [-0.2, -0.15) is 28.1 Å². The van der Waals surface area contributed by atoms with Crippen LogP contribution >= 0.6 is 0 Å². The van der Waals surface area contributed by atoms with E-state index >= 15 is 0 Å². The maximum Gasteiger partial charge on any atom is 0.411 e. The van der Waals surface area contributed by atoms with Gasteiger partial charge in [-0.1, -0.05) is 0 Å². The highest BCUT2D eigenvalue weighted by Gasteiger charge is 2.64. The molecule has 1 aliphatic rings. The number of nitrogen functional groups attached to an aromatic ring is 1. The summed E-state index contributed by atoms with van der Waals surface area (Å²) in [6, 6.07) is 0. The monoisotopic (exact) mass is 290 g/mol. The summed E-state index contributed by atoms with van der Waals surface area (Å²) in [6.07, 6.45) is -4.30. The average molecular weight is 290 g/mol. The van der Waals surface area contributed by atoms with Gasteiger partial charge in [-0.05, 0) is 26.7 Å². The van der Waals surface area contributed by atoms with Crippen LogP contribution in [0.1, 0.15) is 26.7 Å². The lowest BCUT2D eigenvalue weighted by atomic mass is 10.3. The molecule has 1 saturated carbocycles. The summed E-state index contributed by atoms with van der Waals surface area (Å²) in [7, 11) is 0. The summed E-state index contributed by atoms with van der Waals surface area (Å²) in [6.45, 7) is 5.05. The average Bonchev–Trinajstić information content (AvgIpc) is 3.10. The number of alkyl halides is 3. The van der Waals surface area contributed by atoms with Crippen LogP contribution in [0.3, 0.4) is 0 Å². The van der Waals surface area contributed by atoms with E-state index in [4.69, 9.17) is 5.73 Å². The summed E-state index contributed by atoms with van der Waals surface area (Å²) < 4.78 is 38.7. The lowest BCUT2D eigenvalue weighted by Crippen LogP contribution is -2.39. The zero-order valence-corrected chi connectivity index (χ0v) is 11.3. The fourth-order valence-electron chi connectivity index (χ4n) is 1.90. The minimum Gasteiger partial charge on any atom is -0.368 e. The Morgan fingerprint density at radius 1 is 1.20 bits per heavy atom. The normalized spacial score (nSPS) is 16.9. The summed E-state index contributed by atoms with van der Waals surface area (Å²) in [5.41, 5.74) is 3.63. The van der Waals surface area contributed by atoms with Gasteiger partial charge in [-0.25, -0.2) is 0 Å². The quantitative estimate of drug-likeness (QED) is 0.861. The van der Waals surface area contributed by atoms with Gasteiger partial charge in [0.1, 0.15) is 5.54 Å². The van der Waals surface area contributed by atoms with Gasteiger partial charge in [0, 0.05) is 13.1 Å². The van der Waals surface area contributed by atoms with Crippen LogP contribution in [0.15, 0.2) is 0 Å². The second kappa shape index (κ2) is 4.95. The molecule has 1 aromatic heterocycles. The molecule has 1 aliphatic carbocycles. The van der Waals surface area contributed by atoms with Gasteiger partial charge in [-0.3, -0.25) is 0 Å². The van der Waals surface area contributed by atoms with E-state index in [1.807, 2.05) is 13.8 Å².